The van der Waals surface area contributed by atoms with Gasteiger partial charge in [0.2, 0.25) is 6.04 Å². The van der Waals surface area contributed by atoms with Crippen molar-refractivity contribution in [1.29, 1.82) is 0 Å². The number of nitroso groups, excluding NO2 is 1. The third-order valence-corrected chi connectivity index (χ3v) is 8.42. The maximum atomic E-state index is 13.0. The summed E-state index contributed by atoms with van der Waals surface area (Å²) in [4.78, 5) is 59.6. The molecule has 190 valence electrons. The van der Waals surface area contributed by atoms with Gasteiger partial charge in [-0.1, -0.05) is 11.8 Å². The lowest BCUT2D eigenvalue weighted by Crippen LogP contribution is -2.71. The summed E-state index contributed by atoms with van der Waals surface area (Å²) in [7, 11) is 0. The number of carboxylic acids is 1. The Morgan fingerprint density at radius 2 is 2.22 bits per heavy atom. The fourth-order valence-electron chi connectivity index (χ4n) is 3.95. The standard InChI is InChI=1S/C20H22N8O5S3/c21-4-6-34-8-9-7-23-5-3-11(9)35-12-2-1-10-13(18(30)28(10)15(12)19(31)32)24-17(29)14(26-33)16-25-20(22)36-27-16/h3,5,7,10,13-14H,1-2,4,6,8,21H2,(H,24,29)(H,31,32)(H2,22,25,27)/t10-,13+,14?/m1/s1. The van der Waals surface area contributed by atoms with Crippen LogP contribution in [0.4, 0.5) is 5.13 Å². The number of carboxylic acid groups (broad SMARTS) is 1. The quantitative estimate of drug-likeness (QED) is 0.176. The van der Waals surface area contributed by atoms with E-state index in [0.717, 1.165) is 27.7 Å². The number of nitrogens with two attached hydrogens (primary N) is 2. The number of hydrogen-bond acceptors (Lipinski definition) is 13. The Labute approximate surface area is 217 Å². The molecule has 1 unspecified atom stereocenters. The molecule has 13 nitrogen and oxygen atoms in total. The third-order valence-electron chi connectivity index (χ3n) is 5.56. The number of thioether (sulfide) groups is 2. The molecule has 3 atom stereocenters. The molecular weight excluding hydrogens is 528 g/mol. The van der Waals surface area contributed by atoms with E-state index in [1.54, 1.807) is 24.2 Å². The minimum atomic E-state index is -1.56. The fourth-order valence-corrected chi connectivity index (χ4v) is 6.42. The summed E-state index contributed by atoms with van der Waals surface area (Å²) in [6.45, 7) is 0.551. The highest BCUT2D eigenvalue weighted by atomic mass is 32.2. The molecule has 6 N–H and O–H groups in total. The molecule has 2 aromatic rings. The van der Waals surface area contributed by atoms with E-state index in [1.807, 2.05) is 6.07 Å². The van der Waals surface area contributed by atoms with Gasteiger partial charge < -0.3 is 21.9 Å². The average Bonchev–Trinajstić information content (AvgIpc) is 3.29. The molecule has 4 rings (SSSR count). The van der Waals surface area contributed by atoms with E-state index < -0.39 is 35.9 Å². The normalized spacial score (nSPS) is 19.9. The van der Waals surface area contributed by atoms with Crippen LogP contribution in [0.15, 0.2) is 39.1 Å². The number of fused-ring (bicyclic) bond motifs is 1. The summed E-state index contributed by atoms with van der Waals surface area (Å²) < 4.78 is 3.83. The molecule has 36 heavy (non-hydrogen) atoms. The summed E-state index contributed by atoms with van der Waals surface area (Å²) >= 11 is 3.76. The molecular formula is C20H22N8O5S3. The zero-order valence-electron chi connectivity index (χ0n) is 18.7. The summed E-state index contributed by atoms with van der Waals surface area (Å²) in [6, 6.07) is -1.29. The first kappa shape index (κ1) is 26.0. The molecule has 2 aromatic heterocycles. The third kappa shape index (κ3) is 5.21. The van der Waals surface area contributed by atoms with Crippen LogP contribution in [-0.4, -0.2) is 66.5 Å². The first-order valence-corrected chi connectivity index (χ1v) is 13.5. The number of nitrogens with one attached hydrogen (secondary N) is 1. The number of amides is 2. The number of allylic oxidation sites excluding steroid dienone is 1. The van der Waals surface area contributed by atoms with Gasteiger partial charge in [-0.25, -0.2) is 9.78 Å². The highest BCUT2D eigenvalue weighted by Gasteiger charge is 2.54. The predicted molar refractivity (Wildman–Crippen MR) is 135 cm³/mol. The number of nitrogens with zero attached hydrogens (tertiary/aromatic N) is 5. The number of nitrogen functional groups attached to an aromatic ring is 1. The van der Waals surface area contributed by atoms with E-state index in [1.165, 1.54) is 16.7 Å². The van der Waals surface area contributed by atoms with Crippen molar-refractivity contribution in [2.45, 2.75) is 41.6 Å². The van der Waals surface area contributed by atoms with Crippen LogP contribution in [0.25, 0.3) is 0 Å². The van der Waals surface area contributed by atoms with Gasteiger partial charge >= 0.3 is 5.97 Å². The molecule has 0 saturated carbocycles. The highest BCUT2D eigenvalue weighted by Crippen LogP contribution is 2.44. The van der Waals surface area contributed by atoms with Crippen LogP contribution in [0.5, 0.6) is 0 Å². The second kappa shape index (κ2) is 11.3. The van der Waals surface area contributed by atoms with E-state index >= 15 is 0 Å². The van der Waals surface area contributed by atoms with Gasteiger partial charge in [-0.3, -0.25) is 19.5 Å². The zero-order chi connectivity index (χ0) is 25.8. The van der Waals surface area contributed by atoms with E-state index in [2.05, 4.69) is 24.8 Å². The van der Waals surface area contributed by atoms with Gasteiger partial charge in [-0.2, -0.15) is 16.1 Å². The predicted octanol–water partition coefficient (Wildman–Crippen LogP) is 1.09. The van der Waals surface area contributed by atoms with Crippen LogP contribution in [0.2, 0.25) is 0 Å². The Morgan fingerprint density at radius 3 is 2.89 bits per heavy atom. The number of carbonyl (C=O) groups excluding carboxylic acids is 2. The van der Waals surface area contributed by atoms with Crippen molar-refractivity contribution in [1.82, 2.24) is 24.6 Å². The first-order valence-electron chi connectivity index (χ1n) is 10.8. The minimum Gasteiger partial charge on any atom is -0.477 e. The van der Waals surface area contributed by atoms with Gasteiger partial charge in [-0.15, -0.1) is 4.91 Å². The summed E-state index contributed by atoms with van der Waals surface area (Å²) in [5.41, 5.74) is 11.9. The van der Waals surface area contributed by atoms with Gasteiger partial charge in [0.1, 0.15) is 11.7 Å². The second-order valence-electron chi connectivity index (χ2n) is 7.80. The fraction of sp³-hybridized carbons (Fsp3) is 0.400. The van der Waals surface area contributed by atoms with E-state index in [0.29, 0.717) is 30.0 Å². The smallest absolute Gasteiger partial charge is 0.353 e. The van der Waals surface area contributed by atoms with Gasteiger partial charge in [0.15, 0.2) is 11.0 Å². The molecule has 4 heterocycles. The maximum absolute atomic E-state index is 13.0. The number of β-lactam (4-membered cyclic amide) rings is 1. The topological polar surface area (TPSA) is 207 Å². The molecule has 1 saturated heterocycles. The second-order valence-corrected chi connectivity index (χ2v) is 10.8. The zero-order valence-corrected chi connectivity index (χ0v) is 21.1. The Hall–Kier alpha value is -3.08. The molecule has 16 heteroatoms. The lowest BCUT2D eigenvalue weighted by Gasteiger charge is -2.50. The Bertz CT molecular complexity index is 1220. The summed E-state index contributed by atoms with van der Waals surface area (Å²) in [5.74, 6) is -1.35. The van der Waals surface area contributed by atoms with Gasteiger partial charge in [0.25, 0.3) is 11.8 Å². The van der Waals surface area contributed by atoms with E-state index in [9.17, 15) is 24.4 Å². The van der Waals surface area contributed by atoms with Crippen LogP contribution in [0.3, 0.4) is 0 Å². The van der Waals surface area contributed by atoms with E-state index in [4.69, 9.17) is 11.5 Å². The van der Waals surface area contributed by atoms with Crippen molar-refractivity contribution in [3.05, 3.63) is 45.4 Å². The Morgan fingerprint density at radius 1 is 1.42 bits per heavy atom. The lowest BCUT2D eigenvalue weighted by molar-refractivity contribution is -0.156. The molecule has 0 aromatic carbocycles. The maximum Gasteiger partial charge on any atom is 0.353 e. The number of rotatable bonds is 11. The van der Waals surface area contributed by atoms with Crippen LogP contribution in [-0.2, 0) is 20.1 Å². The van der Waals surface area contributed by atoms with Crippen LogP contribution >= 0.6 is 35.1 Å². The van der Waals surface area contributed by atoms with Crippen LogP contribution in [0, 0.1) is 4.91 Å². The number of pyridine rings is 1. The minimum absolute atomic E-state index is 0.0706. The van der Waals surface area contributed by atoms with Crippen molar-refractivity contribution in [2.24, 2.45) is 10.9 Å². The number of carbonyl (C=O) groups is 3. The van der Waals surface area contributed by atoms with Crippen molar-refractivity contribution >= 4 is 58.0 Å². The number of aliphatic carboxylic acids is 1. The summed E-state index contributed by atoms with van der Waals surface area (Å²) in [6.07, 6.45) is 4.19. The first-order chi connectivity index (χ1) is 17.3. The molecule has 2 aliphatic heterocycles. The van der Waals surface area contributed by atoms with Crippen molar-refractivity contribution in [3.8, 4) is 0 Å². The lowest BCUT2D eigenvalue weighted by atomic mass is 9.86. The summed E-state index contributed by atoms with van der Waals surface area (Å²) in [5, 5.41) is 15.3. The molecule has 0 bridgehead atoms. The Balaban J connectivity index is 1.51. The highest BCUT2D eigenvalue weighted by molar-refractivity contribution is 8.03. The van der Waals surface area contributed by atoms with Crippen LogP contribution < -0.4 is 16.8 Å². The number of anilines is 1. The molecule has 2 amide bonds. The molecule has 0 aliphatic carbocycles. The number of hydrogen-bond donors (Lipinski definition) is 4. The SMILES string of the molecule is NCCSCc1cnccc1SC1=C(C(=O)O)N2C(=O)[C@@H](NC(=O)C(N=O)c3nsc(N)n3)[C@H]2CC1. The Kier molecular flexibility index (Phi) is 8.17. The van der Waals surface area contributed by atoms with E-state index in [-0.39, 0.29) is 16.7 Å². The number of aromatic nitrogens is 3. The van der Waals surface area contributed by atoms with Gasteiger partial charge in [0.05, 0.1) is 6.04 Å². The average molecular weight is 551 g/mol. The molecule has 2 aliphatic rings. The molecule has 1 fully saturated rings. The van der Waals surface area contributed by atoms with Crippen molar-refractivity contribution < 1.29 is 19.5 Å². The monoisotopic (exact) mass is 550 g/mol. The largest absolute Gasteiger partial charge is 0.477 e. The van der Waals surface area contributed by atoms with Crippen molar-refractivity contribution in [3.63, 3.8) is 0 Å². The molecule has 0 spiro atoms. The van der Waals surface area contributed by atoms with Crippen LogP contribution in [0.1, 0.15) is 30.3 Å². The van der Waals surface area contributed by atoms with Crippen molar-refractivity contribution in [2.75, 3.05) is 18.0 Å². The van der Waals surface area contributed by atoms with Gasteiger partial charge in [0, 0.05) is 51.8 Å². The molecule has 0 radical (unpaired) electrons. The van der Waals surface area contributed by atoms with Gasteiger partial charge in [-0.05, 0) is 29.6 Å².